The van der Waals surface area contributed by atoms with Crippen LogP contribution < -0.4 is 11.1 Å². The van der Waals surface area contributed by atoms with E-state index in [1.165, 1.54) is 12.1 Å². The minimum absolute atomic E-state index is 0.0730. The Morgan fingerprint density at radius 2 is 1.92 bits per heavy atom. The van der Waals surface area contributed by atoms with E-state index in [9.17, 15) is 9.59 Å². The molecule has 2 rings (SSSR count). The number of nitrogens with two attached hydrogens (primary N) is 1. The van der Waals surface area contributed by atoms with Gasteiger partial charge in [0, 0.05) is 19.6 Å². The number of benzene rings is 1. The first kappa shape index (κ1) is 19.0. The number of carbonyl (C=O) groups is 2. The third kappa shape index (κ3) is 5.32. The molecule has 0 aliphatic carbocycles. The highest BCUT2D eigenvalue weighted by molar-refractivity contribution is 6.39. The van der Waals surface area contributed by atoms with Gasteiger partial charge in [-0.2, -0.15) is 0 Å². The van der Waals surface area contributed by atoms with Crippen LogP contribution in [0.4, 0.5) is 0 Å². The third-order valence-electron chi connectivity index (χ3n) is 3.51. The van der Waals surface area contributed by atoms with E-state index in [0.29, 0.717) is 19.8 Å². The molecule has 1 aliphatic heterocycles. The van der Waals surface area contributed by atoms with Crippen molar-refractivity contribution in [2.45, 2.75) is 6.23 Å². The molecule has 132 valence electrons. The number of carbonyl (C=O) groups excluding carboxylic acids is 2. The Hall–Kier alpha value is -1.38. The summed E-state index contributed by atoms with van der Waals surface area (Å²) in [5.74, 6) is -1.42. The molecule has 0 radical (unpaired) electrons. The number of nitrogens with one attached hydrogen (secondary N) is 1. The van der Waals surface area contributed by atoms with Crippen LogP contribution in [0.25, 0.3) is 0 Å². The van der Waals surface area contributed by atoms with Gasteiger partial charge < -0.3 is 20.5 Å². The van der Waals surface area contributed by atoms with Crippen LogP contribution in [-0.2, 0) is 14.3 Å². The molecule has 0 bridgehead atoms. The molecule has 0 spiro atoms. The molecule has 1 aromatic rings. The summed E-state index contributed by atoms with van der Waals surface area (Å²) in [6.45, 7) is 3.78. The minimum Gasteiger partial charge on any atom is -0.379 e. The summed E-state index contributed by atoms with van der Waals surface area (Å²) in [6, 6.07) is 4.67. The molecule has 1 atom stereocenters. The van der Waals surface area contributed by atoms with Gasteiger partial charge in [-0.05, 0) is 12.1 Å². The Morgan fingerprint density at radius 1 is 1.29 bits per heavy atom. The smallest absolute Gasteiger partial charge is 0.267 e. The van der Waals surface area contributed by atoms with Crippen molar-refractivity contribution in [1.29, 1.82) is 0 Å². The number of nitrogens with zero attached hydrogens (tertiary/aromatic N) is 1. The molecular formula is C15H19Cl2N3O4. The Kier molecular flexibility index (Phi) is 7.26. The molecule has 1 heterocycles. The number of rotatable bonds is 7. The lowest BCUT2D eigenvalue weighted by atomic mass is 10.2. The molecule has 1 fully saturated rings. The predicted octanol–water partition coefficient (Wildman–Crippen LogP) is 0.883. The maximum atomic E-state index is 12.3. The molecule has 3 N–H and O–H groups in total. The second-order valence-corrected chi connectivity index (χ2v) is 5.99. The number of primary amides is 1. The number of hydrogen-bond acceptors (Lipinski definition) is 5. The zero-order valence-corrected chi connectivity index (χ0v) is 14.5. The molecule has 0 aromatic heterocycles. The summed E-state index contributed by atoms with van der Waals surface area (Å²) in [5, 5.41) is 2.76. The molecule has 1 aromatic carbocycles. The Balaban J connectivity index is 1.90. The van der Waals surface area contributed by atoms with Gasteiger partial charge >= 0.3 is 0 Å². The average molecular weight is 376 g/mol. The highest BCUT2D eigenvalue weighted by Crippen LogP contribution is 2.24. The van der Waals surface area contributed by atoms with E-state index < -0.39 is 18.0 Å². The van der Waals surface area contributed by atoms with Crippen molar-refractivity contribution in [2.24, 2.45) is 5.73 Å². The topological polar surface area (TPSA) is 93.9 Å². The van der Waals surface area contributed by atoms with Gasteiger partial charge in [0.1, 0.15) is 0 Å². The van der Waals surface area contributed by atoms with Gasteiger partial charge in [0.05, 0.1) is 35.4 Å². The van der Waals surface area contributed by atoms with Crippen LogP contribution in [0.2, 0.25) is 10.0 Å². The summed E-state index contributed by atoms with van der Waals surface area (Å²) < 4.78 is 10.7. The maximum absolute atomic E-state index is 12.3. The second kappa shape index (κ2) is 9.19. The molecule has 1 aliphatic rings. The van der Waals surface area contributed by atoms with E-state index in [1.807, 2.05) is 0 Å². The fourth-order valence-corrected chi connectivity index (χ4v) is 2.79. The van der Waals surface area contributed by atoms with Crippen molar-refractivity contribution in [3.05, 3.63) is 33.8 Å². The lowest BCUT2D eigenvalue weighted by Gasteiger charge is -2.27. The Morgan fingerprint density at radius 3 is 2.50 bits per heavy atom. The first-order chi connectivity index (χ1) is 11.5. The van der Waals surface area contributed by atoms with Crippen molar-refractivity contribution in [3.8, 4) is 0 Å². The van der Waals surface area contributed by atoms with Crippen LogP contribution in [0.1, 0.15) is 10.4 Å². The van der Waals surface area contributed by atoms with Gasteiger partial charge in [-0.15, -0.1) is 0 Å². The number of ether oxygens (including phenoxy) is 2. The zero-order chi connectivity index (χ0) is 17.5. The summed E-state index contributed by atoms with van der Waals surface area (Å²) in [4.78, 5) is 25.9. The number of amides is 2. The molecule has 1 saturated heterocycles. The van der Waals surface area contributed by atoms with Crippen molar-refractivity contribution in [1.82, 2.24) is 10.2 Å². The number of halogens is 2. The van der Waals surface area contributed by atoms with Gasteiger partial charge in [-0.1, -0.05) is 29.3 Å². The molecule has 2 amide bonds. The molecule has 0 saturated carbocycles. The van der Waals surface area contributed by atoms with Crippen LogP contribution in [0, 0.1) is 0 Å². The van der Waals surface area contributed by atoms with E-state index in [-0.39, 0.29) is 22.2 Å². The lowest BCUT2D eigenvalue weighted by Crippen LogP contribution is -2.47. The first-order valence-corrected chi connectivity index (χ1v) is 8.20. The molecule has 7 nitrogen and oxygen atoms in total. The van der Waals surface area contributed by atoms with Crippen LogP contribution in [0.5, 0.6) is 0 Å². The molecule has 24 heavy (non-hydrogen) atoms. The van der Waals surface area contributed by atoms with E-state index in [0.717, 1.165) is 13.1 Å². The SMILES string of the molecule is NC(=O)C(NC(=O)c1c(Cl)cccc1Cl)OCCN1CCOCC1. The van der Waals surface area contributed by atoms with Gasteiger partial charge in [0.15, 0.2) is 0 Å². The Labute approximate surface area is 150 Å². The summed E-state index contributed by atoms with van der Waals surface area (Å²) in [6.07, 6.45) is -1.26. The monoisotopic (exact) mass is 375 g/mol. The highest BCUT2D eigenvalue weighted by Gasteiger charge is 2.23. The van der Waals surface area contributed by atoms with Gasteiger partial charge in [-0.3, -0.25) is 14.5 Å². The quantitative estimate of drug-likeness (QED) is 0.690. The highest BCUT2D eigenvalue weighted by atomic mass is 35.5. The standard InChI is InChI=1S/C15H19Cl2N3O4/c16-10-2-1-3-11(17)12(10)14(22)19-15(13(18)21)24-9-6-20-4-7-23-8-5-20/h1-3,15H,4-9H2,(H2,18,21)(H,19,22). The van der Waals surface area contributed by atoms with Crippen LogP contribution >= 0.6 is 23.2 Å². The first-order valence-electron chi connectivity index (χ1n) is 7.45. The Bertz CT molecular complexity index is 574. The van der Waals surface area contributed by atoms with E-state index in [2.05, 4.69) is 10.2 Å². The van der Waals surface area contributed by atoms with Gasteiger partial charge in [0.25, 0.3) is 11.8 Å². The normalized spacial score (nSPS) is 16.6. The zero-order valence-electron chi connectivity index (χ0n) is 13.0. The van der Waals surface area contributed by atoms with E-state index >= 15 is 0 Å². The fraction of sp³-hybridized carbons (Fsp3) is 0.467. The maximum Gasteiger partial charge on any atom is 0.267 e. The molecule has 1 unspecified atom stereocenters. The number of morpholine rings is 1. The lowest BCUT2D eigenvalue weighted by molar-refractivity contribution is -0.131. The summed E-state index contributed by atoms with van der Waals surface area (Å²) in [5.41, 5.74) is 5.35. The predicted molar refractivity (Wildman–Crippen MR) is 90.1 cm³/mol. The fourth-order valence-electron chi connectivity index (χ4n) is 2.23. The molecular weight excluding hydrogens is 357 g/mol. The van der Waals surface area contributed by atoms with Gasteiger partial charge in [0.2, 0.25) is 6.23 Å². The van der Waals surface area contributed by atoms with Gasteiger partial charge in [-0.25, -0.2) is 0 Å². The summed E-state index contributed by atoms with van der Waals surface area (Å²) >= 11 is 11.9. The van der Waals surface area contributed by atoms with Crippen molar-refractivity contribution in [3.63, 3.8) is 0 Å². The van der Waals surface area contributed by atoms with Crippen LogP contribution in [0.15, 0.2) is 18.2 Å². The van der Waals surface area contributed by atoms with E-state index in [4.69, 9.17) is 38.4 Å². The largest absolute Gasteiger partial charge is 0.379 e. The van der Waals surface area contributed by atoms with Crippen molar-refractivity contribution >= 4 is 35.0 Å². The number of hydrogen-bond donors (Lipinski definition) is 2. The average Bonchev–Trinajstić information content (AvgIpc) is 2.54. The summed E-state index contributed by atoms with van der Waals surface area (Å²) in [7, 11) is 0. The third-order valence-corrected chi connectivity index (χ3v) is 4.14. The molecule has 9 heteroatoms. The van der Waals surface area contributed by atoms with E-state index in [1.54, 1.807) is 6.07 Å². The van der Waals surface area contributed by atoms with Crippen LogP contribution in [-0.4, -0.2) is 62.4 Å². The minimum atomic E-state index is -1.26. The van der Waals surface area contributed by atoms with Crippen molar-refractivity contribution < 1.29 is 19.1 Å². The van der Waals surface area contributed by atoms with Crippen molar-refractivity contribution in [2.75, 3.05) is 39.5 Å². The second-order valence-electron chi connectivity index (χ2n) is 5.18. The van der Waals surface area contributed by atoms with Crippen LogP contribution in [0.3, 0.4) is 0 Å².